The Morgan fingerprint density at radius 3 is 2.81 bits per heavy atom. The van der Waals surface area contributed by atoms with E-state index >= 15 is 0 Å². The summed E-state index contributed by atoms with van der Waals surface area (Å²) in [5.41, 5.74) is 3.34. The number of hydrogen-bond acceptors (Lipinski definition) is 3. The minimum atomic E-state index is -0.364. The van der Waals surface area contributed by atoms with E-state index < -0.39 is 0 Å². The minimum Gasteiger partial charge on any atom is -0.325 e. The van der Waals surface area contributed by atoms with E-state index in [1.165, 1.54) is 23.9 Å². The molecule has 0 aliphatic carbocycles. The highest BCUT2D eigenvalue weighted by Crippen LogP contribution is 2.25. The second-order valence-electron chi connectivity index (χ2n) is 6.68. The zero-order valence-corrected chi connectivity index (χ0v) is 15.9. The summed E-state index contributed by atoms with van der Waals surface area (Å²) in [5, 5.41) is 3.60. The average Bonchev–Trinajstić information content (AvgIpc) is 2.93. The Hall–Kier alpha value is -2.34. The lowest BCUT2D eigenvalue weighted by atomic mass is 10.2. The van der Waals surface area contributed by atoms with Crippen molar-refractivity contribution in [3.8, 4) is 0 Å². The number of nitrogens with one attached hydrogen (secondary N) is 1. The van der Waals surface area contributed by atoms with Gasteiger partial charge in [-0.25, -0.2) is 9.37 Å². The number of rotatable bonds is 6. The van der Waals surface area contributed by atoms with Crippen molar-refractivity contribution in [3.05, 3.63) is 53.8 Å². The van der Waals surface area contributed by atoms with E-state index in [2.05, 4.69) is 28.7 Å². The van der Waals surface area contributed by atoms with Crippen LogP contribution in [0, 0.1) is 18.7 Å². The van der Waals surface area contributed by atoms with Gasteiger partial charge >= 0.3 is 0 Å². The van der Waals surface area contributed by atoms with Gasteiger partial charge in [0, 0.05) is 12.2 Å². The molecular weight excluding hydrogens is 349 g/mol. The van der Waals surface area contributed by atoms with Gasteiger partial charge in [-0.2, -0.15) is 0 Å². The first kappa shape index (κ1) is 18.5. The maximum absolute atomic E-state index is 13.4. The lowest BCUT2D eigenvalue weighted by Crippen LogP contribution is -2.16. The smallest absolute Gasteiger partial charge is 0.234 e. The number of amides is 1. The maximum atomic E-state index is 13.4. The van der Waals surface area contributed by atoms with Crippen LogP contribution in [0.2, 0.25) is 0 Å². The number of aryl methyl sites for hydroxylation is 1. The molecule has 0 fully saturated rings. The van der Waals surface area contributed by atoms with E-state index in [0.29, 0.717) is 11.6 Å². The molecule has 1 amide bonds. The summed E-state index contributed by atoms with van der Waals surface area (Å²) in [5.74, 6) is 0.150. The molecule has 26 heavy (non-hydrogen) atoms. The Labute approximate surface area is 156 Å². The Balaban J connectivity index is 1.74. The monoisotopic (exact) mass is 371 g/mol. The van der Waals surface area contributed by atoms with Crippen LogP contribution in [0.4, 0.5) is 10.1 Å². The number of thioether (sulfide) groups is 1. The number of nitrogens with zero attached hydrogens (tertiary/aromatic N) is 2. The van der Waals surface area contributed by atoms with E-state index in [9.17, 15) is 9.18 Å². The van der Waals surface area contributed by atoms with E-state index in [1.807, 2.05) is 31.2 Å². The number of carbonyl (C=O) groups is 1. The number of imidazole rings is 1. The fourth-order valence-corrected chi connectivity index (χ4v) is 3.57. The van der Waals surface area contributed by atoms with Crippen molar-refractivity contribution in [1.29, 1.82) is 0 Å². The van der Waals surface area contributed by atoms with Crippen LogP contribution in [-0.4, -0.2) is 21.2 Å². The minimum absolute atomic E-state index is 0.174. The third-order valence-corrected chi connectivity index (χ3v) is 4.95. The van der Waals surface area contributed by atoms with Gasteiger partial charge in [0.25, 0.3) is 0 Å². The molecule has 6 heteroatoms. The van der Waals surface area contributed by atoms with Crippen LogP contribution in [0.5, 0.6) is 0 Å². The third-order valence-electron chi connectivity index (χ3n) is 3.97. The number of fused-ring (bicyclic) bond motifs is 1. The molecule has 1 heterocycles. The van der Waals surface area contributed by atoms with Crippen molar-refractivity contribution in [2.75, 3.05) is 11.1 Å². The first-order valence-corrected chi connectivity index (χ1v) is 9.56. The van der Waals surface area contributed by atoms with Crippen LogP contribution >= 0.6 is 11.8 Å². The first-order chi connectivity index (χ1) is 12.4. The summed E-state index contributed by atoms with van der Waals surface area (Å²) >= 11 is 1.40. The van der Waals surface area contributed by atoms with Gasteiger partial charge in [-0.05, 0) is 42.7 Å². The molecule has 0 unspecified atom stereocenters. The van der Waals surface area contributed by atoms with Crippen molar-refractivity contribution in [2.45, 2.75) is 32.5 Å². The maximum Gasteiger partial charge on any atom is 0.234 e. The van der Waals surface area contributed by atoms with Crippen LogP contribution in [0.3, 0.4) is 0 Å². The number of aromatic nitrogens is 2. The molecule has 136 valence electrons. The largest absolute Gasteiger partial charge is 0.325 e. The molecule has 3 rings (SSSR count). The van der Waals surface area contributed by atoms with Crippen LogP contribution < -0.4 is 5.32 Å². The molecule has 0 aliphatic rings. The number of halogens is 1. The van der Waals surface area contributed by atoms with Crippen molar-refractivity contribution >= 4 is 34.4 Å². The molecule has 0 aliphatic heterocycles. The van der Waals surface area contributed by atoms with E-state index in [4.69, 9.17) is 0 Å². The number of hydrogen-bond donors (Lipinski definition) is 1. The Morgan fingerprint density at radius 2 is 2.04 bits per heavy atom. The third kappa shape index (κ3) is 4.25. The molecule has 3 aromatic rings. The summed E-state index contributed by atoms with van der Waals surface area (Å²) in [6.45, 7) is 6.99. The summed E-state index contributed by atoms with van der Waals surface area (Å²) in [6.07, 6.45) is 0. The zero-order chi connectivity index (χ0) is 18.7. The number of anilines is 1. The van der Waals surface area contributed by atoms with E-state index in [-0.39, 0.29) is 17.5 Å². The van der Waals surface area contributed by atoms with Crippen molar-refractivity contribution in [2.24, 2.45) is 5.92 Å². The van der Waals surface area contributed by atoms with Crippen molar-refractivity contribution in [1.82, 2.24) is 9.55 Å². The highest BCUT2D eigenvalue weighted by Gasteiger charge is 2.14. The van der Waals surface area contributed by atoms with Gasteiger partial charge in [-0.15, -0.1) is 0 Å². The quantitative estimate of drug-likeness (QED) is 0.629. The zero-order valence-electron chi connectivity index (χ0n) is 15.1. The van der Waals surface area contributed by atoms with Crippen LogP contribution in [0.15, 0.2) is 47.6 Å². The first-order valence-electron chi connectivity index (χ1n) is 8.58. The Bertz CT molecular complexity index is 936. The number of para-hydroxylation sites is 2. The SMILES string of the molecule is Cc1ccc(F)cc1NC(=O)CSc1nc2ccccc2n1CC(C)C. The fraction of sp³-hybridized carbons (Fsp3) is 0.300. The molecule has 1 aromatic heterocycles. The molecule has 0 atom stereocenters. The van der Waals surface area contributed by atoms with Gasteiger partial charge in [-0.3, -0.25) is 4.79 Å². The van der Waals surface area contributed by atoms with Crippen molar-refractivity contribution in [3.63, 3.8) is 0 Å². The molecule has 0 bridgehead atoms. The van der Waals surface area contributed by atoms with Crippen LogP contribution in [-0.2, 0) is 11.3 Å². The predicted octanol–water partition coefficient (Wildman–Crippen LogP) is 4.87. The Morgan fingerprint density at radius 1 is 1.27 bits per heavy atom. The van der Waals surface area contributed by atoms with Gasteiger partial charge in [0.2, 0.25) is 5.91 Å². The topological polar surface area (TPSA) is 46.9 Å². The van der Waals surface area contributed by atoms with Crippen LogP contribution in [0.25, 0.3) is 11.0 Å². The lowest BCUT2D eigenvalue weighted by molar-refractivity contribution is -0.113. The van der Waals surface area contributed by atoms with Gasteiger partial charge in [-0.1, -0.05) is 43.8 Å². The molecule has 0 spiro atoms. The van der Waals surface area contributed by atoms with E-state index in [1.54, 1.807) is 6.07 Å². The van der Waals surface area contributed by atoms with Gasteiger partial charge < -0.3 is 9.88 Å². The van der Waals surface area contributed by atoms with Crippen molar-refractivity contribution < 1.29 is 9.18 Å². The molecule has 2 aromatic carbocycles. The molecule has 4 nitrogen and oxygen atoms in total. The van der Waals surface area contributed by atoms with Crippen LogP contribution in [0.1, 0.15) is 19.4 Å². The predicted molar refractivity (Wildman–Crippen MR) is 105 cm³/mol. The fourth-order valence-electron chi connectivity index (χ4n) is 2.75. The molecule has 0 saturated heterocycles. The normalized spacial score (nSPS) is 11.3. The lowest BCUT2D eigenvalue weighted by Gasteiger charge is -2.12. The second kappa shape index (κ2) is 7.91. The average molecular weight is 371 g/mol. The summed E-state index contributed by atoms with van der Waals surface area (Å²) in [7, 11) is 0. The second-order valence-corrected chi connectivity index (χ2v) is 7.63. The van der Waals surface area contributed by atoms with Gasteiger partial charge in [0.15, 0.2) is 5.16 Å². The highest BCUT2D eigenvalue weighted by atomic mass is 32.2. The molecule has 1 N–H and O–H groups in total. The number of benzene rings is 2. The number of carbonyl (C=O) groups excluding carboxylic acids is 1. The highest BCUT2D eigenvalue weighted by molar-refractivity contribution is 7.99. The molecule has 0 radical (unpaired) electrons. The molecular formula is C20H22FN3OS. The Kier molecular flexibility index (Phi) is 5.61. The molecule has 0 saturated carbocycles. The van der Waals surface area contributed by atoms with Gasteiger partial charge in [0.1, 0.15) is 5.82 Å². The standard InChI is InChI=1S/C20H22FN3OS/c1-13(2)11-24-18-7-5-4-6-16(18)23-20(24)26-12-19(25)22-17-10-15(21)9-8-14(17)3/h4-10,13H,11-12H2,1-3H3,(H,22,25). The summed E-state index contributed by atoms with van der Waals surface area (Å²) in [4.78, 5) is 17.0. The van der Waals surface area contributed by atoms with Gasteiger partial charge in [0.05, 0.1) is 16.8 Å². The van der Waals surface area contributed by atoms with E-state index in [0.717, 1.165) is 28.3 Å². The summed E-state index contributed by atoms with van der Waals surface area (Å²) < 4.78 is 15.5. The summed E-state index contributed by atoms with van der Waals surface area (Å²) in [6, 6.07) is 12.4.